The molecule has 1 aliphatic rings. The Bertz CT molecular complexity index is 958. The maximum Gasteiger partial charge on any atom is 0.218 e. The summed E-state index contributed by atoms with van der Waals surface area (Å²) >= 11 is 0. The smallest absolute Gasteiger partial charge is 0.218 e. The minimum absolute atomic E-state index is 0.0194. The molecule has 1 fully saturated rings. The van der Waals surface area contributed by atoms with Crippen molar-refractivity contribution in [2.45, 2.75) is 57.9 Å². The van der Waals surface area contributed by atoms with Crippen molar-refractivity contribution < 1.29 is 8.42 Å². The lowest BCUT2D eigenvalue weighted by atomic mass is 9.87. The predicted octanol–water partition coefficient (Wildman–Crippen LogP) is 5.17. The number of rotatable bonds is 9. The van der Waals surface area contributed by atoms with Crippen molar-refractivity contribution >= 4 is 15.7 Å². The highest BCUT2D eigenvalue weighted by atomic mass is 32.2. The summed E-state index contributed by atoms with van der Waals surface area (Å²) in [5.41, 5.74) is 2.84. The minimum Gasteiger partial charge on any atom is -0.382 e. The van der Waals surface area contributed by atoms with Crippen LogP contribution in [0.4, 0.5) is 5.69 Å². The molecule has 0 unspecified atom stereocenters. The molecule has 6 heteroatoms. The summed E-state index contributed by atoms with van der Waals surface area (Å²) in [6, 6.07) is 20.2. The van der Waals surface area contributed by atoms with Crippen LogP contribution in [0.3, 0.4) is 0 Å². The van der Waals surface area contributed by atoms with Gasteiger partial charge in [0.2, 0.25) is 10.0 Å². The number of nitrogens with zero attached hydrogens (tertiary/aromatic N) is 2. The SMILES string of the molecule is CC(C)CN(Cc1ccc(N[C@H]2CC[C@H](C#N)CC2)cc1)S(=O)(=O)Cc1ccccc1. The maximum atomic E-state index is 13.1. The molecule has 1 aliphatic carbocycles. The molecule has 2 aromatic rings. The summed E-state index contributed by atoms with van der Waals surface area (Å²) < 4.78 is 27.8. The summed E-state index contributed by atoms with van der Waals surface area (Å²) in [6.07, 6.45) is 3.94. The summed E-state index contributed by atoms with van der Waals surface area (Å²) in [4.78, 5) is 0. The summed E-state index contributed by atoms with van der Waals surface area (Å²) in [7, 11) is -3.42. The summed E-state index contributed by atoms with van der Waals surface area (Å²) in [5, 5.41) is 12.6. The van der Waals surface area contributed by atoms with Gasteiger partial charge in [0.15, 0.2) is 0 Å². The first-order valence-corrected chi connectivity index (χ1v) is 12.7. The van der Waals surface area contributed by atoms with Crippen molar-refractivity contribution in [3.05, 3.63) is 65.7 Å². The van der Waals surface area contributed by atoms with Gasteiger partial charge in [0.25, 0.3) is 0 Å². The average molecular weight is 440 g/mol. The molecule has 0 saturated heterocycles. The largest absolute Gasteiger partial charge is 0.382 e. The van der Waals surface area contributed by atoms with E-state index in [1.165, 1.54) is 0 Å². The molecule has 0 spiro atoms. The van der Waals surface area contributed by atoms with E-state index in [1.807, 2.05) is 68.4 Å². The second-order valence-corrected chi connectivity index (χ2v) is 10.9. The van der Waals surface area contributed by atoms with Crippen LogP contribution in [0.1, 0.15) is 50.7 Å². The van der Waals surface area contributed by atoms with E-state index in [4.69, 9.17) is 5.26 Å². The van der Waals surface area contributed by atoms with Crippen molar-refractivity contribution in [1.29, 1.82) is 5.26 Å². The first kappa shape index (κ1) is 23.3. The van der Waals surface area contributed by atoms with Crippen LogP contribution in [0, 0.1) is 23.2 Å². The van der Waals surface area contributed by atoms with Crippen LogP contribution in [0.15, 0.2) is 54.6 Å². The van der Waals surface area contributed by atoms with E-state index in [9.17, 15) is 8.42 Å². The van der Waals surface area contributed by atoms with Gasteiger partial charge in [0, 0.05) is 30.7 Å². The third kappa shape index (κ3) is 7.09. The Morgan fingerprint density at radius 1 is 1.00 bits per heavy atom. The molecule has 0 aromatic heterocycles. The third-order valence-electron chi connectivity index (χ3n) is 5.75. The zero-order chi connectivity index (χ0) is 22.3. The van der Waals surface area contributed by atoms with Crippen molar-refractivity contribution in [2.24, 2.45) is 11.8 Å². The van der Waals surface area contributed by atoms with Crippen LogP contribution in [-0.2, 0) is 22.3 Å². The van der Waals surface area contributed by atoms with Gasteiger partial charge < -0.3 is 5.32 Å². The van der Waals surface area contributed by atoms with Gasteiger partial charge in [-0.1, -0.05) is 56.3 Å². The quantitative estimate of drug-likeness (QED) is 0.585. The average Bonchev–Trinajstić information content (AvgIpc) is 2.75. The predicted molar refractivity (Wildman–Crippen MR) is 126 cm³/mol. The second kappa shape index (κ2) is 10.8. The van der Waals surface area contributed by atoms with Crippen LogP contribution in [0.5, 0.6) is 0 Å². The summed E-state index contributed by atoms with van der Waals surface area (Å²) in [5.74, 6) is 0.464. The fourth-order valence-corrected chi connectivity index (χ4v) is 5.74. The molecule has 0 radical (unpaired) electrons. The van der Waals surface area contributed by atoms with Gasteiger partial charge in [-0.3, -0.25) is 0 Å². The highest BCUT2D eigenvalue weighted by Crippen LogP contribution is 2.26. The van der Waals surface area contributed by atoms with Crippen LogP contribution in [0.25, 0.3) is 0 Å². The molecular weight excluding hydrogens is 406 g/mol. The number of nitriles is 1. The van der Waals surface area contributed by atoms with E-state index < -0.39 is 10.0 Å². The number of benzene rings is 2. The lowest BCUT2D eigenvalue weighted by Gasteiger charge is -2.27. The van der Waals surface area contributed by atoms with E-state index in [1.54, 1.807) is 4.31 Å². The van der Waals surface area contributed by atoms with Crippen molar-refractivity contribution in [2.75, 3.05) is 11.9 Å². The van der Waals surface area contributed by atoms with Crippen molar-refractivity contribution in [3.8, 4) is 6.07 Å². The van der Waals surface area contributed by atoms with Gasteiger partial charge in [0.05, 0.1) is 11.8 Å². The fraction of sp³-hybridized carbons (Fsp3) is 0.480. The zero-order valence-corrected chi connectivity index (χ0v) is 19.3. The van der Waals surface area contributed by atoms with E-state index in [2.05, 4.69) is 11.4 Å². The standard InChI is InChI=1S/C25H33N3O2S/c1-20(2)17-28(31(29,30)19-23-6-4-3-5-7-23)18-22-10-14-25(15-11-22)27-24-12-8-21(16-26)9-13-24/h3-7,10-11,14-15,20-21,24,27H,8-9,12-13,17-19H2,1-2H3/t21-,24-. The van der Waals surface area contributed by atoms with E-state index >= 15 is 0 Å². The first-order chi connectivity index (χ1) is 14.9. The molecule has 0 heterocycles. The van der Waals surface area contributed by atoms with Gasteiger partial charge in [-0.2, -0.15) is 9.57 Å². The van der Waals surface area contributed by atoms with Gasteiger partial charge in [-0.05, 0) is 54.9 Å². The number of hydrogen-bond donors (Lipinski definition) is 1. The molecular formula is C25H33N3O2S. The molecule has 0 aliphatic heterocycles. The second-order valence-electron chi connectivity index (χ2n) is 8.95. The fourth-order valence-electron chi connectivity index (χ4n) is 4.07. The molecule has 31 heavy (non-hydrogen) atoms. The lowest BCUT2D eigenvalue weighted by molar-refractivity contribution is 0.361. The number of anilines is 1. The molecule has 166 valence electrons. The van der Waals surface area contributed by atoms with Crippen LogP contribution in [-0.4, -0.2) is 25.3 Å². The van der Waals surface area contributed by atoms with Gasteiger partial charge in [0.1, 0.15) is 0 Å². The van der Waals surface area contributed by atoms with Crippen molar-refractivity contribution in [3.63, 3.8) is 0 Å². The first-order valence-electron chi connectivity index (χ1n) is 11.1. The maximum absolute atomic E-state index is 13.1. The van der Waals surface area contributed by atoms with Crippen LogP contribution < -0.4 is 5.32 Å². The molecule has 3 rings (SSSR count). The minimum atomic E-state index is -3.42. The Hall–Kier alpha value is -2.36. The Balaban J connectivity index is 1.64. The zero-order valence-electron chi connectivity index (χ0n) is 18.5. The van der Waals surface area contributed by atoms with Gasteiger partial charge in [-0.15, -0.1) is 0 Å². The van der Waals surface area contributed by atoms with Crippen molar-refractivity contribution in [1.82, 2.24) is 4.31 Å². The van der Waals surface area contributed by atoms with E-state index in [0.29, 0.717) is 19.1 Å². The van der Waals surface area contributed by atoms with Crippen LogP contribution in [0.2, 0.25) is 0 Å². The lowest BCUT2D eigenvalue weighted by Crippen LogP contribution is -2.34. The number of nitrogens with one attached hydrogen (secondary N) is 1. The number of hydrogen-bond acceptors (Lipinski definition) is 4. The Kier molecular flexibility index (Phi) is 8.11. The highest BCUT2D eigenvalue weighted by molar-refractivity contribution is 7.88. The van der Waals surface area contributed by atoms with Gasteiger partial charge >= 0.3 is 0 Å². The Labute approximate surface area is 187 Å². The third-order valence-corrected chi connectivity index (χ3v) is 7.51. The monoisotopic (exact) mass is 439 g/mol. The Morgan fingerprint density at radius 2 is 1.65 bits per heavy atom. The molecule has 1 saturated carbocycles. The topological polar surface area (TPSA) is 73.2 Å². The molecule has 0 amide bonds. The van der Waals surface area contributed by atoms with Gasteiger partial charge in [-0.25, -0.2) is 8.42 Å². The van der Waals surface area contributed by atoms with E-state index in [0.717, 1.165) is 42.5 Å². The van der Waals surface area contributed by atoms with Crippen LogP contribution >= 0.6 is 0 Å². The normalized spacial score (nSPS) is 19.3. The highest BCUT2D eigenvalue weighted by Gasteiger charge is 2.24. The molecule has 5 nitrogen and oxygen atoms in total. The van der Waals surface area contributed by atoms with E-state index in [-0.39, 0.29) is 17.6 Å². The number of sulfonamides is 1. The Morgan fingerprint density at radius 3 is 2.23 bits per heavy atom. The molecule has 0 bridgehead atoms. The molecule has 0 atom stereocenters. The molecule has 2 aromatic carbocycles. The summed E-state index contributed by atoms with van der Waals surface area (Å²) in [6.45, 7) is 4.95. The molecule has 1 N–H and O–H groups in total.